The summed E-state index contributed by atoms with van der Waals surface area (Å²) in [5, 5.41) is 15.8. The third-order valence-corrected chi connectivity index (χ3v) is 4.92. The van der Waals surface area contributed by atoms with Gasteiger partial charge in [0.1, 0.15) is 12.4 Å². The van der Waals surface area contributed by atoms with Crippen LogP contribution in [0.4, 0.5) is 10.3 Å². The summed E-state index contributed by atoms with van der Waals surface area (Å²) in [6.07, 6.45) is 6.69. The Hall–Kier alpha value is -2.12. The van der Waals surface area contributed by atoms with Crippen LogP contribution in [0, 0.1) is 0 Å². The first-order valence-corrected chi connectivity index (χ1v) is 9.49. The Bertz CT molecular complexity index is 682. The van der Waals surface area contributed by atoms with Crippen molar-refractivity contribution in [1.29, 1.82) is 0 Å². The average Bonchev–Trinajstić information content (AvgIpc) is 3.30. The van der Waals surface area contributed by atoms with E-state index in [1.54, 1.807) is 0 Å². The fourth-order valence-corrected chi connectivity index (χ4v) is 3.37. The molecule has 3 rings (SSSR count). The fraction of sp³-hybridized carbons (Fsp3) is 0.444. The molecule has 1 aliphatic heterocycles. The van der Waals surface area contributed by atoms with Crippen LogP contribution in [0.3, 0.4) is 0 Å². The number of nitrogens with zero attached hydrogens (tertiary/aromatic N) is 3. The largest absolute Gasteiger partial charge is 0.490 e. The molecule has 2 N–H and O–H groups in total. The van der Waals surface area contributed by atoms with Crippen LogP contribution in [0.1, 0.15) is 18.4 Å². The third-order valence-electron chi connectivity index (χ3n) is 4.03. The summed E-state index contributed by atoms with van der Waals surface area (Å²) in [7, 11) is 1.83. The normalized spacial score (nSPS) is 14.9. The Morgan fingerprint density at radius 1 is 1.20 bits per heavy atom. The molecule has 0 spiro atoms. The van der Waals surface area contributed by atoms with E-state index in [2.05, 4.69) is 43.9 Å². The Balaban J connectivity index is 1.37. The third kappa shape index (κ3) is 5.72. The first kappa shape index (κ1) is 17.7. The van der Waals surface area contributed by atoms with Crippen molar-refractivity contribution in [2.24, 2.45) is 0 Å². The van der Waals surface area contributed by atoms with Crippen LogP contribution in [0.15, 0.2) is 36.4 Å². The molecule has 0 saturated carbocycles. The SMILES string of the molecule is CNc1nnc(NCC=CCOc2cccc(CN3CCCC3)c2)s1. The van der Waals surface area contributed by atoms with Crippen molar-refractivity contribution in [2.45, 2.75) is 19.4 Å². The van der Waals surface area contributed by atoms with Gasteiger partial charge in [0.25, 0.3) is 0 Å². The van der Waals surface area contributed by atoms with Gasteiger partial charge in [-0.25, -0.2) is 0 Å². The van der Waals surface area contributed by atoms with Gasteiger partial charge in [-0.3, -0.25) is 4.90 Å². The topological polar surface area (TPSA) is 62.3 Å². The zero-order chi connectivity index (χ0) is 17.3. The van der Waals surface area contributed by atoms with Crippen molar-refractivity contribution in [3.63, 3.8) is 0 Å². The Kier molecular flexibility index (Phi) is 6.64. The molecule has 0 amide bonds. The maximum absolute atomic E-state index is 5.82. The number of rotatable bonds is 9. The van der Waals surface area contributed by atoms with Gasteiger partial charge >= 0.3 is 0 Å². The smallest absolute Gasteiger partial charge is 0.207 e. The van der Waals surface area contributed by atoms with Gasteiger partial charge in [-0.15, -0.1) is 10.2 Å². The highest BCUT2D eigenvalue weighted by Crippen LogP contribution is 2.19. The summed E-state index contributed by atoms with van der Waals surface area (Å²) in [5.41, 5.74) is 1.32. The number of hydrogen-bond acceptors (Lipinski definition) is 7. The molecule has 0 aliphatic carbocycles. The number of aromatic nitrogens is 2. The van der Waals surface area contributed by atoms with E-state index in [9.17, 15) is 0 Å². The molecule has 1 aromatic carbocycles. The maximum atomic E-state index is 5.82. The molecule has 0 unspecified atom stereocenters. The van der Waals surface area contributed by atoms with Gasteiger partial charge in [-0.2, -0.15) is 0 Å². The molecule has 134 valence electrons. The quantitative estimate of drug-likeness (QED) is 0.670. The lowest BCUT2D eigenvalue weighted by Gasteiger charge is -2.15. The molecule has 1 saturated heterocycles. The van der Waals surface area contributed by atoms with Crippen LogP contribution in [-0.2, 0) is 6.54 Å². The predicted octanol–water partition coefficient (Wildman–Crippen LogP) is 3.22. The summed E-state index contributed by atoms with van der Waals surface area (Å²) in [5.74, 6) is 0.928. The fourth-order valence-electron chi connectivity index (χ4n) is 2.77. The molecule has 6 nitrogen and oxygen atoms in total. The van der Waals surface area contributed by atoms with E-state index in [0.29, 0.717) is 13.2 Å². The van der Waals surface area contributed by atoms with Crippen LogP contribution in [0.5, 0.6) is 5.75 Å². The lowest BCUT2D eigenvalue weighted by molar-refractivity contribution is 0.328. The number of hydrogen-bond donors (Lipinski definition) is 2. The van der Waals surface area contributed by atoms with Gasteiger partial charge in [0, 0.05) is 20.1 Å². The van der Waals surface area contributed by atoms with Gasteiger partial charge in [-0.05, 0) is 49.7 Å². The molecule has 2 heterocycles. The summed E-state index contributed by atoms with van der Waals surface area (Å²) in [6, 6.07) is 8.40. The summed E-state index contributed by atoms with van der Waals surface area (Å²) < 4.78 is 5.82. The highest BCUT2D eigenvalue weighted by Gasteiger charge is 2.11. The second-order valence-electron chi connectivity index (χ2n) is 5.96. The number of ether oxygens (including phenoxy) is 1. The molecule has 0 radical (unpaired) electrons. The number of benzene rings is 1. The number of likely N-dealkylation sites (tertiary alicyclic amines) is 1. The molecule has 0 bridgehead atoms. The van der Waals surface area contributed by atoms with Crippen molar-refractivity contribution in [2.75, 3.05) is 43.9 Å². The van der Waals surface area contributed by atoms with Crippen LogP contribution >= 0.6 is 11.3 Å². The van der Waals surface area contributed by atoms with Crippen molar-refractivity contribution in [1.82, 2.24) is 15.1 Å². The van der Waals surface area contributed by atoms with E-state index >= 15 is 0 Å². The predicted molar refractivity (Wildman–Crippen MR) is 104 cm³/mol. The van der Waals surface area contributed by atoms with Gasteiger partial charge in [0.05, 0.1) is 0 Å². The molecule has 1 aliphatic rings. The van der Waals surface area contributed by atoms with Crippen LogP contribution in [0.25, 0.3) is 0 Å². The summed E-state index contributed by atoms with van der Waals surface area (Å²) >= 11 is 1.49. The molecule has 0 atom stereocenters. The van der Waals surface area contributed by atoms with Crippen LogP contribution < -0.4 is 15.4 Å². The Morgan fingerprint density at radius 3 is 2.84 bits per heavy atom. The van der Waals surface area contributed by atoms with Gasteiger partial charge < -0.3 is 15.4 Å². The van der Waals surface area contributed by atoms with Crippen molar-refractivity contribution >= 4 is 21.6 Å². The molecular weight excluding hydrogens is 334 g/mol. The molecular formula is C18H25N5OS. The average molecular weight is 359 g/mol. The Labute approximate surface area is 152 Å². The minimum atomic E-state index is 0.562. The second-order valence-corrected chi connectivity index (χ2v) is 6.93. The zero-order valence-corrected chi connectivity index (χ0v) is 15.4. The van der Waals surface area contributed by atoms with E-state index < -0.39 is 0 Å². The monoisotopic (exact) mass is 359 g/mol. The van der Waals surface area contributed by atoms with Crippen LogP contribution in [-0.4, -0.2) is 48.4 Å². The molecule has 2 aromatic rings. The number of nitrogens with one attached hydrogen (secondary N) is 2. The lowest BCUT2D eigenvalue weighted by Crippen LogP contribution is -2.18. The van der Waals surface area contributed by atoms with E-state index in [1.165, 1.54) is 42.8 Å². The molecule has 1 aromatic heterocycles. The van der Waals surface area contributed by atoms with E-state index in [4.69, 9.17) is 4.74 Å². The van der Waals surface area contributed by atoms with Gasteiger partial charge in [0.15, 0.2) is 0 Å². The minimum Gasteiger partial charge on any atom is -0.490 e. The van der Waals surface area contributed by atoms with E-state index in [-0.39, 0.29) is 0 Å². The maximum Gasteiger partial charge on any atom is 0.207 e. The Morgan fingerprint density at radius 2 is 2.04 bits per heavy atom. The first-order chi connectivity index (χ1) is 12.3. The summed E-state index contributed by atoms with van der Waals surface area (Å²) in [4.78, 5) is 2.50. The first-order valence-electron chi connectivity index (χ1n) is 8.68. The van der Waals surface area contributed by atoms with Crippen molar-refractivity contribution in [3.05, 3.63) is 42.0 Å². The highest BCUT2D eigenvalue weighted by molar-refractivity contribution is 7.19. The minimum absolute atomic E-state index is 0.562. The number of anilines is 2. The van der Waals surface area contributed by atoms with E-state index in [0.717, 1.165) is 22.6 Å². The van der Waals surface area contributed by atoms with Gasteiger partial charge in [-0.1, -0.05) is 29.5 Å². The van der Waals surface area contributed by atoms with Crippen LogP contribution in [0.2, 0.25) is 0 Å². The van der Waals surface area contributed by atoms with E-state index in [1.807, 2.05) is 25.3 Å². The molecule has 25 heavy (non-hydrogen) atoms. The lowest BCUT2D eigenvalue weighted by atomic mass is 10.2. The van der Waals surface area contributed by atoms with Gasteiger partial charge in [0.2, 0.25) is 10.3 Å². The highest BCUT2D eigenvalue weighted by atomic mass is 32.1. The standard InChI is InChI=1S/C18H25N5OS/c1-19-17-21-22-18(25-17)20-9-2-5-12-24-16-8-6-7-15(13-16)14-23-10-3-4-11-23/h2,5-8,13H,3-4,9-12,14H2,1H3,(H,19,21)(H,20,22). The van der Waals surface area contributed by atoms with Crippen molar-refractivity contribution < 1.29 is 4.74 Å². The van der Waals surface area contributed by atoms with Crippen molar-refractivity contribution in [3.8, 4) is 5.75 Å². The molecule has 1 fully saturated rings. The second kappa shape index (κ2) is 9.39. The summed E-state index contributed by atoms with van der Waals surface area (Å²) in [6.45, 7) is 4.72. The molecule has 7 heteroatoms. The zero-order valence-electron chi connectivity index (χ0n) is 14.6.